The van der Waals surface area contributed by atoms with Crippen LogP contribution < -0.4 is 5.32 Å². The number of rotatable bonds is 2. The SMILES string of the molecule is Cn1c(CC2(F)CCCNCC2)nc2ccccc21. The van der Waals surface area contributed by atoms with Gasteiger partial charge < -0.3 is 9.88 Å². The van der Waals surface area contributed by atoms with Crippen LogP contribution in [0.25, 0.3) is 11.0 Å². The molecule has 1 fully saturated rings. The van der Waals surface area contributed by atoms with Crippen LogP contribution in [-0.4, -0.2) is 28.3 Å². The number of imidazole rings is 1. The van der Waals surface area contributed by atoms with Crippen molar-refractivity contribution in [2.75, 3.05) is 13.1 Å². The minimum atomic E-state index is -1.11. The Balaban J connectivity index is 1.90. The normalized spacial score (nSPS) is 24.5. The number of aromatic nitrogens is 2. The fraction of sp³-hybridized carbons (Fsp3) is 0.533. The van der Waals surface area contributed by atoms with Crippen LogP contribution in [0.4, 0.5) is 4.39 Å². The van der Waals surface area contributed by atoms with Crippen molar-refractivity contribution in [2.45, 2.75) is 31.4 Å². The molecule has 0 spiro atoms. The zero-order chi connectivity index (χ0) is 13.3. The summed E-state index contributed by atoms with van der Waals surface area (Å²) in [7, 11) is 1.98. The number of para-hydroxylation sites is 2. The van der Waals surface area contributed by atoms with Crippen LogP contribution in [0.2, 0.25) is 0 Å². The summed E-state index contributed by atoms with van der Waals surface area (Å²) in [5.74, 6) is 0.852. The first-order valence-corrected chi connectivity index (χ1v) is 6.98. The van der Waals surface area contributed by atoms with Gasteiger partial charge >= 0.3 is 0 Å². The van der Waals surface area contributed by atoms with E-state index in [0.29, 0.717) is 19.3 Å². The molecule has 2 aromatic rings. The van der Waals surface area contributed by atoms with Crippen molar-refractivity contribution in [3.05, 3.63) is 30.1 Å². The van der Waals surface area contributed by atoms with Crippen LogP contribution in [0.5, 0.6) is 0 Å². The summed E-state index contributed by atoms with van der Waals surface area (Å²) in [4.78, 5) is 4.58. The van der Waals surface area contributed by atoms with Crippen molar-refractivity contribution in [1.82, 2.24) is 14.9 Å². The summed E-state index contributed by atoms with van der Waals surface area (Å²) in [6.45, 7) is 1.69. The van der Waals surface area contributed by atoms with E-state index >= 15 is 0 Å². The molecule has 19 heavy (non-hydrogen) atoms. The summed E-state index contributed by atoms with van der Waals surface area (Å²) in [6, 6.07) is 7.98. The molecule has 0 amide bonds. The number of halogens is 1. The van der Waals surface area contributed by atoms with Crippen molar-refractivity contribution in [1.29, 1.82) is 0 Å². The molecule has 1 aromatic carbocycles. The number of aryl methyl sites for hydroxylation is 1. The van der Waals surface area contributed by atoms with Gasteiger partial charge in [0, 0.05) is 13.5 Å². The molecular formula is C15H20FN3. The lowest BCUT2D eigenvalue weighted by Crippen LogP contribution is -2.28. The molecule has 0 radical (unpaired) electrons. The Hall–Kier alpha value is -1.42. The second kappa shape index (κ2) is 4.93. The third-order valence-corrected chi connectivity index (χ3v) is 4.08. The van der Waals surface area contributed by atoms with Gasteiger partial charge in [-0.2, -0.15) is 0 Å². The Morgan fingerprint density at radius 1 is 1.32 bits per heavy atom. The number of fused-ring (bicyclic) bond motifs is 1. The van der Waals surface area contributed by atoms with Crippen LogP contribution in [0.1, 0.15) is 25.1 Å². The van der Waals surface area contributed by atoms with E-state index in [1.54, 1.807) is 0 Å². The average Bonchev–Trinajstić information content (AvgIpc) is 2.58. The third-order valence-electron chi connectivity index (χ3n) is 4.08. The maximum atomic E-state index is 14.9. The Kier molecular flexibility index (Phi) is 3.27. The van der Waals surface area contributed by atoms with E-state index in [9.17, 15) is 4.39 Å². The zero-order valence-corrected chi connectivity index (χ0v) is 11.3. The van der Waals surface area contributed by atoms with E-state index in [0.717, 1.165) is 36.4 Å². The molecule has 1 aliphatic rings. The van der Waals surface area contributed by atoms with Gasteiger partial charge in [0.05, 0.1) is 11.0 Å². The fourth-order valence-corrected chi connectivity index (χ4v) is 2.91. The Bertz CT molecular complexity index is 568. The summed E-state index contributed by atoms with van der Waals surface area (Å²) in [6.07, 6.45) is 2.53. The van der Waals surface area contributed by atoms with Crippen molar-refractivity contribution < 1.29 is 4.39 Å². The molecule has 3 nitrogen and oxygen atoms in total. The van der Waals surface area contributed by atoms with Crippen LogP contribution in [-0.2, 0) is 13.5 Å². The van der Waals surface area contributed by atoms with E-state index < -0.39 is 5.67 Å². The van der Waals surface area contributed by atoms with Crippen molar-refractivity contribution in [2.24, 2.45) is 7.05 Å². The highest BCUT2D eigenvalue weighted by molar-refractivity contribution is 5.75. The van der Waals surface area contributed by atoms with Gasteiger partial charge in [0.25, 0.3) is 0 Å². The van der Waals surface area contributed by atoms with Gasteiger partial charge in [-0.1, -0.05) is 12.1 Å². The first-order chi connectivity index (χ1) is 9.18. The minimum Gasteiger partial charge on any atom is -0.331 e. The molecule has 3 rings (SSSR count). The minimum absolute atomic E-state index is 0.417. The van der Waals surface area contributed by atoms with Crippen molar-refractivity contribution in [3.8, 4) is 0 Å². The van der Waals surface area contributed by atoms with Gasteiger partial charge in [0.2, 0.25) is 0 Å². The van der Waals surface area contributed by atoms with Crippen molar-refractivity contribution >= 4 is 11.0 Å². The molecule has 1 atom stereocenters. The number of hydrogen-bond donors (Lipinski definition) is 1. The zero-order valence-electron chi connectivity index (χ0n) is 11.3. The molecule has 1 unspecified atom stereocenters. The highest BCUT2D eigenvalue weighted by Gasteiger charge is 2.32. The number of benzene rings is 1. The maximum absolute atomic E-state index is 14.9. The predicted molar refractivity (Wildman–Crippen MR) is 75.0 cm³/mol. The molecule has 1 N–H and O–H groups in total. The summed E-state index contributed by atoms with van der Waals surface area (Å²) >= 11 is 0. The molecule has 4 heteroatoms. The topological polar surface area (TPSA) is 29.9 Å². The van der Waals surface area contributed by atoms with Gasteiger partial charge in [0.15, 0.2) is 0 Å². The average molecular weight is 261 g/mol. The van der Waals surface area contributed by atoms with Gasteiger partial charge in [0.1, 0.15) is 11.5 Å². The van der Waals surface area contributed by atoms with E-state index in [-0.39, 0.29) is 0 Å². The Morgan fingerprint density at radius 2 is 2.16 bits per heavy atom. The molecular weight excluding hydrogens is 241 g/mol. The molecule has 1 aromatic heterocycles. The number of nitrogens with one attached hydrogen (secondary N) is 1. The largest absolute Gasteiger partial charge is 0.331 e. The maximum Gasteiger partial charge on any atom is 0.119 e. The first kappa shape index (κ1) is 12.6. The highest BCUT2D eigenvalue weighted by Crippen LogP contribution is 2.29. The number of nitrogens with zero attached hydrogens (tertiary/aromatic N) is 2. The van der Waals surface area contributed by atoms with E-state index in [4.69, 9.17) is 0 Å². The second-order valence-corrected chi connectivity index (χ2v) is 5.51. The Morgan fingerprint density at radius 3 is 3.00 bits per heavy atom. The highest BCUT2D eigenvalue weighted by atomic mass is 19.1. The summed E-state index contributed by atoms with van der Waals surface area (Å²) in [5.41, 5.74) is 0.918. The standard InChI is InChI=1S/C15H20FN3/c1-19-13-6-3-2-5-12(13)18-14(19)11-15(16)7-4-9-17-10-8-15/h2-3,5-6,17H,4,7-11H2,1H3. The monoisotopic (exact) mass is 261 g/mol. The summed E-state index contributed by atoms with van der Waals surface area (Å²) in [5, 5.41) is 3.26. The molecule has 0 saturated carbocycles. The van der Waals surface area contributed by atoms with E-state index in [1.807, 2.05) is 35.9 Å². The first-order valence-electron chi connectivity index (χ1n) is 6.98. The molecule has 0 bridgehead atoms. The van der Waals surface area contributed by atoms with E-state index in [1.165, 1.54) is 0 Å². The second-order valence-electron chi connectivity index (χ2n) is 5.51. The van der Waals surface area contributed by atoms with Gasteiger partial charge in [-0.3, -0.25) is 0 Å². The van der Waals surface area contributed by atoms with Crippen LogP contribution in [0, 0.1) is 0 Å². The molecule has 0 aliphatic carbocycles. The lowest BCUT2D eigenvalue weighted by molar-refractivity contribution is 0.140. The molecule has 1 aliphatic heterocycles. The fourth-order valence-electron chi connectivity index (χ4n) is 2.91. The smallest absolute Gasteiger partial charge is 0.119 e. The van der Waals surface area contributed by atoms with Gasteiger partial charge in [-0.05, 0) is 44.5 Å². The lowest BCUT2D eigenvalue weighted by atomic mass is 9.93. The van der Waals surface area contributed by atoms with Crippen molar-refractivity contribution in [3.63, 3.8) is 0 Å². The lowest BCUT2D eigenvalue weighted by Gasteiger charge is -2.22. The van der Waals surface area contributed by atoms with Crippen LogP contribution >= 0.6 is 0 Å². The van der Waals surface area contributed by atoms with Crippen LogP contribution in [0.3, 0.4) is 0 Å². The van der Waals surface area contributed by atoms with Gasteiger partial charge in [-0.25, -0.2) is 9.37 Å². The van der Waals surface area contributed by atoms with E-state index in [2.05, 4.69) is 10.3 Å². The third kappa shape index (κ3) is 2.50. The number of alkyl halides is 1. The molecule has 102 valence electrons. The van der Waals surface area contributed by atoms with Crippen LogP contribution in [0.15, 0.2) is 24.3 Å². The van der Waals surface area contributed by atoms with Gasteiger partial charge in [-0.15, -0.1) is 0 Å². The summed E-state index contributed by atoms with van der Waals surface area (Å²) < 4.78 is 17.0. The Labute approximate surface area is 112 Å². The molecule has 1 saturated heterocycles. The predicted octanol–water partition coefficient (Wildman–Crippen LogP) is 2.60. The quantitative estimate of drug-likeness (QED) is 0.900. The number of hydrogen-bond acceptors (Lipinski definition) is 2. The molecule has 2 heterocycles.